The van der Waals surface area contributed by atoms with Gasteiger partial charge in [0, 0.05) is 22.9 Å². The lowest BCUT2D eigenvalue weighted by Crippen LogP contribution is -2.49. The highest BCUT2D eigenvalue weighted by atomic mass is 35.5. The number of fused-ring (bicyclic) bond motifs is 5. The number of halogens is 1. The quantitative estimate of drug-likeness (QED) is 0.513. The summed E-state index contributed by atoms with van der Waals surface area (Å²) in [6.45, 7) is 0.918. The van der Waals surface area contributed by atoms with E-state index in [4.69, 9.17) is 16.3 Å². The Morgan fingerprint density at radius 1 is 1.03 bits per heavy atom. The summed E-state index contributed by atoms with van der Waals surface area (Å²) in [5, 5.41) is 0.537. The van der Waals surface area contributed by atoms with E-state index in [9.17, 15) is 14.4 Å². The van der Waals surface area contributed by atoms with Gasteiger partial charge in [-0.3, -0.25) is 19.3 Å². The van der Waals surface area contributed by atoms with Crippen LogP contribution in [0.2, 0.25) is 5.02 Å². The fraction of sp³-hybridized carbons (Fsp3) is 0.346. The molecule has 0 aromatic heterocycles. The standard InChI is InChI=1S/C26H23ClN2O4/c27-17-10-7-16(8-11-17)24(30)23-22-21(20-12-9-15-4-1-2-6-19(15)29(20)23)25(31)28(26(22)32)14-18-5-3-13-33-18/h1-2,4,6-12,18,20-23H,3,5,13-14H2/t18-,20-,21+,22+,23-/m0/s1. The van der Waals surface area contributed by atoms with Gasteiger partial charge in [0.2, 0.25) is 11.8 Å². The third kappa shape index (κ3) is 3.15. The molecule has 0 aliphatic carbocycles. The number of ether oxygens (including phenoxy) is 1. The molecule has 6 nitrogen and oxygen atoms in total. The van der Waals surface area contributed by atoms with E-state index in [1.165, 1.54) is 4.90 Å². The van der Waals surface area contributed by atoms with E-state index in [1.54, 1.807) is 24.3 Å². The molecular weight excluding hydrogens is 440 g/mol. The van der Waals surface area contributed by atoms with Crippen LogP contribution in [0, 0.1) is 11.8 Å². The largest absolute Gasteiger partial charge is 0.376 e. The average molecular weight is 463 g/mol. The Bertz CT molecular complexity index is 1170. The number of nitrogens with zero attached hydrogens (tertiary/aromatic N) is 2. The SMILES string of the molecule is O=C(c1ccc(Cl)cc1)[C@@H]1[C@@H]2C(=O)N(C[C@@H]3CCCO3)C(=O)[C@@H]2[C@@H]2C=Cc3ccccc3N12. The lowest BCUT2D eigenvalue weighted by Gasteiger charge is -2.36. The number of likely N-dealkylation sites (tertiary alicyclic amines) is 1. The number of benzene rings is 2. The molecule has 3 fully saturated rings. The molecule has 33 heavy (non-hydrogen) atoms. The number of ketones is 1. The summed E-state index contributed by atoms with van der Waals surface area (Å²) in [7, 11) is 0. The highest BCUT2D eigenvalue weighted by Gasteiger charge is 2.64. The first-order chi connectivity index (χ1) is 16.0. The third-order valence-electron chi connectivity index (χ3n) is 7.31. The Kier molecular flexibility index (Phi) is 4.89. The molecule has 0 bridgehead atoms. The van der Waals surface area contributed by atoms with Crippen molar-refractivity contribution in [1.82, 2.24) is 4.90 Å². The second-order valence-corrected chi connectivity index (χ2v) is 9.54. The maximum Gasteiger partial charge on any atom is 0.235 e. The first kappa shape index (κ1) is 20.6. The van der Waals surface area contributed by atoms with E-state index in [0.29, 0.717) is 17.2 Å². The van der Waals surface area contributed by atoms with Gasteiger partial charge in [0.15, 0.2) is 5.78 Å². The van der Waals surface area contributed by atoms with Gasteiger partial charge >= 0.3 is 0 Å². The average Bonchev–Trinajstić information content (AvgIpc) is 3.52. The number of hydrogen-bond acceptors (Lipinski definition) is 5. The zero-order valence-corrected chi connectivity index (χ0v) is 18.6. The van der Waals surface area contributed by atoms with Crippen LogP contribution in [0.5, 0.6) is 0 Å². The van der Waals surface area contributed by atoms with Crippen LogP contribution in [0.15, 0.2) is 54.6 Å². The topological polar surface area (TPSA) is 66.9 Å². The van der Waals surface area contributed by atoms with Crippen LogP contribution < -0.4 is 4.90 Å². The van der Waals surface area contributed by atoms with E-state index < -0.39 is 17.9 Å². The number of Topliss-reactive ketones (excluding diaryl/α,β-unsaturated/α-hetero) is 1. The molecule has 4 aliphatic heterocycles. The van der Waals surface area contributed by atoms with Gasteiger partial charge in [-0.15, -0.1) is 0 Å². The molecule has 4 aliphatic rings. The number of imide groups is 1. The van der Waals surface area contributed by atoms with Crippen LogP contribution in [0.25, 0.3) is 6.08 Å². The van der Waals surface area contributed by atoms with Crippen molar-refractivity contribution in [1.29, 1.82) is 0 Å². The predicted molar refractivity (Wildman–Crippen MR) is 124 cm³/mol. The monoisotopic (exact) mass is 462 g/mol. The minimum absolute atomic E-state index is 0.124. The van der Waals surface area contributed by atoms with Crippen molar-refractivity contribution in [3.05, 3.63) is 70.8 Å². The lowest BCUT2D eigenvalue weighted by atomic mass is 9.86. The van der Waals surface area contributed by atoms with Crippen LogP contribution >= 0.6 is 11.6 Å². The number of carbonyl (C=O) groups excluding carboxylic acids is 3. The molecule has 2 aromatic carbocycles. The van der Waals surface area contributed by atoms with Crippen LogP contribution in [-0.4, -0.2) is 53.8 Å². The number of amides is 2. The molecule has 3 saturated heterocycles. The molecule has 0 unspecified atom stereocenters. The molecule has 7 heteroatoms. The van der Waals surface area contributed by atoms with Crippen molar-refractivity contribution in [3.8, 4) is 0 Å². The maximum absolute atomic E-state index is 13.9. The number of rotatable bonds is 4. The van der Waals surface area contributed by atoms with E-state index in [0.717, 1.165) is 24.1 Å². The Morgan fingerprint density at radius 2 is 1.79 bits per heavy atom. The van der Waals surface area contributed by atoms with Gasteiger partial charge in [0.1, 0.15) is 6.04 Å². The highest BCUT2D eigenvalue weighted by molar-refractivity contribution is 6.30. The van der Waals surface area contributed by atoms with Crippen LogP contribution in [0.1, 0.15) is 28.8 Å². The van der Waals surface area contributed by atoms with E-state index in [-0.39, 0.29) is 36.3 Å². The second kappa shape index (κ2) is 7.82. The van der Waals surface area contributed by atoms with E-state index in [2.05, 4.69) is 0 Å². The van der Waals surface area contributed by atoms with E-state index >= 15 is 0 Å². The molecule has 0 spiro atoms. The van der Waals surface area contributed by atoms with Gasteiger partial charge in [-0.1, -0.05) is 42.0 Å². The number of hydrogen-bond donors (Lipinski definition) is 0. The van der Waals surface area contributed by atoms with Crippen molar-refractivity contribution in [2.24, 2.45) is 11.8 Å². The molecule has 4 heterocycles. The summed E-state index contributed by atoms with van der Waals surface area (Å²) in [4.78, 5) is 44.4. The van der Waals surface area contributed by atoms with Crippen LogP contribution in [0.3, 0.4) is 0 Å². The summed E-state index contributed by atoms with van der Waals surface area (Å²) in [6, 6.07) is 13.4. The smallest absolute Gasteiger partial charge is 0.235 e. The van der Waals surface area contributed by atoms with Crippen molar-refractivity contribution in [3.63, 3.8) is 0 Å². The molecule has 5 atom stereocenters. The van der Waals surface area contributed by atoms with Gasteiger partial charge in [0.25, 0.3) is 0 Å². The zero-order chi connectivity index (χ0) is 22.7. The number of anilines is 1. The Hall–Kier alpha value is -2.96. The summed E-state index contributed by atoms with van der Waals surface area (Å²) in [5.41, 5.74) is 2.32. The summed E-state index contributed by atoms with van der Waals surface area (Å²) in [6.07, 6.45) is 5.60. The first-order valence-electron chi connectivity index (χ1n) is 11.4. The van der Waals surface area contributed by atoms with Crippen molar-refractivity contribution >= 4 is 41.0 Å². The minimum Gasteiger partial charge on any atom is -0.376 e. The first-order valence-corrected chi connectivity index (χ1v) is 11.7. The second-order valence-electron chi connectivity index (χ2n) is 9.11. The molecule has 0 N–H and O–H groups in total. The fourth-order valence-corrected chi connectivity index (χ4v) is 5.96. The van der Waals surface area contributed by atoms with Crippen LogP contribution in [0.4, 0.5) is 5.69 Å². The molecule has 0 radical (unpaired) electrons. The molecule has 168 valence electrons. The normalized spacial score (nSPS) is 29.9. The van der Waals surface area contributed by atoms with Gasteiger partial charge < -0.3 is 9.64 Å². The Labute approximate surface area is 196 Å². The van der Waals surface area contributed by atoms with Gasteiger partial charge in [-0.05, 0) is 48.7 Å². The summed E-state index contributed by atoms with van der Waals surface area (Å²) >= 11 is 6.04. The fourth-order valence-electron chi connectivity index (χ4n) is 5.83. The molecular formula is C26H23ClN2O4. The lowest BCUT2D eigenvalue weighted by molar-refractivity contribution is -0.142. The number of para-hydroxylation sites is 1. The molecule has 6 rings (SSSR count). The van der Waals surface area contributed by atoms with Gasteiger partial charge in [-0.25, -0.2) is 0 Å². The molecule has 2 aromatic rings. The van der Waals surface area contributed by atoms with Crippen molar-refractivity contribution in [2.75, 3.05) is 18.1 Å². The molecule has 2 amide bonds. The summed E-state index contributed by atoms with van der Waals surface area (Å²) in [5.74, 6) is -1.97. The van der Waals surface area contributed by atoms with Crippen molar-refractivity contribution in [2.45, 2.75) is 31.0 Å². The molecule has 0 saturated carbocycles. The van der Waals surface area contributed by atoms with Gasteiger partial charge in [-0.2, -0.15) is 0 Å². The van der Waals surface area contributed by atoms with Crippen molar-refractivity contribution < 1.29 is 19.1 Å². The Balaban J connectivity index is 1.43. The zero-order valence-electron chi connectivity index (χ0n) is 17.9. The van der Waals surface area contributed by atoms with Crippen LogP contribution in [-0.2, 0) is 14.3 Å². The minimum atomic E-state index is -0.766. The van der Waals surface area contributed by atoms with Gasteiger partial charge in [0.05, 0.1) is 30.5 Å². The Morgan fingerprint density at radius 3 is 2.55 bits per heavy atom. The predicted octanol–water partition coefficient (Wildman–Crippen LogP) is 3.59. The number of carbonyl (C=O) groups is 3. The summed E-state index contributed by atoms with van der Waals surface area (Å²) < 4.78 is 5.69. The third-order valence-corrected chi connectivity index (χ3v) is 7.57. The highest BCUT2D eigenvalue weighted by Crippen LogP contribution is 2.49. The van der Waals surface area contributed by atoms with E-state index in [1.807, 2.05) is 41.3 Å². The maximum atomic E-state index is 13.9.